The smallest absolute Gasteiger partial charge is 0.226 e. The van der Waals surface area contributed by atoms with E-state index in [2.05, 4.69) is 15.5 Å². The molecule has 19 heavy (non-hydrogen) atoms. The molecule has 0 aromatic carbocycles. The molecule has 0 spiro atoms. The van der Waals surface area contributed by atoms with E-state index in [0.29, 0.717) is 11.6 Å². The largest absolute Gasteiger partial charge is 0.301 e. The van der Waals surface area contributed by atoms with Crippen molar-refractivity contribution in [1.29, 1.82) is 0 Å². The predicted molar refractivity (Wildman–Crippen MR) is 74.0 cm³/mol. The van der Waals surface area contributed by atoms with Crippen LogP contribution in [0.2, 0.25) is 0 Å². The number of carbonyl (C=O) groups is 1. The van der Waals surface area contributed by atoms with Gasteiger partial charge in [0, 0.05) is 12.3 Å². The lowest BCUT2D eigenvalue weighted by Crippen LogP contribution is -2.17. The molecule has 0 bridgehead atoms. The van der Waals surface area contributed by atoms with Crippen LogP contribution >= 0.6 is 11.3 Å². The molecule has 1 aromatic heterocycles. The highest BCUT2D eigenvalue weighted by Gasteiger charge is 2.29. The van der Waals surface area contributed by atoms with E-state index in [9.17, 15) is 13.2 Å². The molecule has 2 heterocycles. The van der Waals surface area contributed by atoms with Gasteiger partial charge >= 0.3 is 0 Å². The second kappa shape index (κ2) is 5.54. The number of rotatable bonds is 4. The van der Waals surface area contributed by atoms with Gasteiger partial charge < -0.3 is 5.32 Å². The molecule has 2 rings (SSSR count). The first-order chi connectivity index (χ1) is 8.85. The van der Waals surface area contributed by atoms with Crippen LogP contribution in [-0.4, -0.2) is 36.0 Å². The second-order valence-corrected chi connectivity index (χ2v) is 8.36. The molecule has 0 aliphatic carbocycles. The maximum absolute atomic E-state index is 11.8. The van der Waals surface area contributed by atoms with Crippen molar-refractivity contribution in [3.8, 4) is 0 Å². The van der Waals surface area contributed by atoms with E-state index >= 15 is 0 Å². The molecule has 1 fully saturated rings. The average molecular weight is 303 g/mol. The Bertz CT molecular complexity index is 565. The van der Waals surface area contributed by atoms with Crippen LogP contribution in [0.5, 0.6) is 0 Å². The molecular formula is C11H17N3O3S2. The summed E-state index contributed by atoms with van der Waals surface area (Å²) in [5.41, 5.74) is 0. The number of anilines is 1. The maximum Gasteiger partial charge on any atom is 0.226 e. The molecule has 1 aliphatic heterocycles. The van der Waals surface area contributed by atoms with Crippen LogP contribution < -0.4 is 5.32 Å². The van der Waals surface area contributed by atoms with Crippen LogP contribution in [0.3, 0.4) is 0 Å². The van der Waals surface area contributed by atoms with Crippen LogP contribution in [0.4, 0.5) is 5.13 Å². The van der Waals surface area contributed by atoms with Gasteiger partial charge in [-0.3, -0.25) is 4.79 Å². The highest BCUT2D eigenvalue weighted by molar-refractivity contribution is 7.91. The van der Waals surface area contributed by atoms with Gasteiger partial charge in [-0.15, -0.1) is 10.2 Å². The molecule has 0 unspecified atom stereocenters. The van der Waals surface area contributed by atoms with Gasteiger partial charge in [-0.25, -0.2) is 8.42 Å². The summed E-state index contributed by atoms with van der Waals surface area (Å²) < 4.78 is 22.6. The van der Waals surface area contributed by atoms with Gasteiger partial charge in [0.05, 0.1) is 11.5 Å². The van der Waals surface area contributed by atoms with Crippen LogP contribution in [0, 0.1) is 5.92 Å². The monoisotopic (exact) mass is 303 g/mol. The normalized spacial score (nSPS) is 21.7. The molecule has 1 saturated heterocycles. The zero-order chi connectivity index (χ0) is 14.0. The zero-order valence-electron chi connectivity index (χ0n) is 10.9. The summed E-state index contributed by atoms with van der Waals surface area (Å²) >= 11 is 1.35. The Labute approximate surface area is 116 Å². The molecule has 106 valence electrons. The molecule has 0 radical (unpaired) electrons. The van der Waals surface area contributed by atoms with Gasteiger partial charge in [0.2, 0.25) is 11.0 Å². The van der Waals surface area contributed by atoms with Crippen LogP contribution in [0.15, 0.2) is 0 Å². The summed E-state index contributed by atoms with van der Waals surface area (Å²) in [5.74, 6) is 0.342. The van der Waals surface area contributed by atoms with E-state index in [1.807, 2.05) is 13.8 Å². The Morgan fingerprint density at radius 3 is 2.74 bits per heavy atom. The number of amides is 1. The second-order valence-electron chi connectivity index (χ2n) is 5.12. The highest BCUT2D eigenvalue weighted by atomic mass is 32.2. The van der Waals surface area contributed by atoms with Gasteiger partial charge in [0.1, 0.15) is 5.01 Å². The third kappa shape index (κ3) is 3.97. The molecule has 8 heteroatoms. The summed E-state index contributed by atoms with van der Waals surface area (Å²) in [6, 6.07) is 0. The Balaban J connectivity index is 1.87. The quantitative estimate of drug-likeness (QED) is 0.908. The fraction of sp³-hybridized carbons (Fsp3) is 0.727. The lowest BCUT2D eigenvalue weighted by atomic mass is 10.1. The lowest BCUT2D eigenvalue weighted by Gasteiger charge is -2.06. The Morgan fingerprint density at radius 2 is 2.21 bits per heavy atom. The first kappa shape index (κ1) is 14.4. The fourth-order valence-electron chi connectivity index (χ4n) is 1.98. The van der Waals surface area contributed by atoms with E-state index in [-0.39, 0.29) is 35.7 Å². The minimum Gasteiger partial charge on any atom is -0.301 e. The zero-order valence-corrected chi connectivity index (χ0v) is 12.6. The van der Waals surface area contributed by atoms with E-state index in [4.69, 9.17) is 0 Å². The van der Waals surface area contributed by atoms with E-state index in [1.54, 1.807) is 0 Å². The Kier molecular flexibility index (Phi) is 4.19. The molecule has 6 nitrogen and oxygen atoms in total. The molecule has 0 saturated carbocycles. The number of hydrogen-bond acceptors (Lipinski definition) is 6. The molecule has 1 amide bonds. The van der Waals surface area contributed by atoms with Crippen molar-refractivity contribution in [2.45, 2.75) is 32.6 Å². The van der Waals surface area contributed by atoms with E-state index in [0.717, 1.165) is 5.01 Å². The first-order valence-electron chi connectivity index (χ1n) is 6.19. The summed E-state index contributed by atoms with van der Waals surface area (Å²) in [7, 11) is -2.93. The number of carbonyl (C=O) groups excluding carboxylic acids is 1. The molecule has 1 aliphatic rings. The molecule has 1 atom stereocenters. The standard InChI is InChI=1S/C11H17N3O3S2/c1-7(2)10-13-14-11(18-10)12-9(15)5-8-3-4-19(16,17)6-8/h7-8H,3-6H2,1-2H3,(H,12,14,15)/t8-/m1/s1. The van der Waals surface area contributed by atoms with Crippen LogP contribution in [0.25, 0.3) is 0 Å². The lowest BCUT2D eigenvalue weighted by molar-refractivity contribution is -0.116. The summed E-state index contributed by atoms with van der Waals surface area (Å²) in [6.45, 7) is 4.02. The number of nitrogens with zero attached hydrogens (tertiary/aromatic N) is 2. The minimum atomic E-state index is -2.93. The van der Waals surface area contributed by atoms with Gasteiger partial charge in [-0.2, -0.15) is 0 Å². The number of nitrogens with one attached hydrogen (secondary N) is 1. The summed E-state index contributed by atoms with van der Waals surface area (Å²) in [5, 5.41) is 11.9. The number of aromatic nitrogens is 2. The first-order valence-corrected chi connectivity index (χ1v) is 8.83. The van der Waals surface area contributed by atoms with Crippen molar-refractivity contribution in [3.63, 3.8) is 0 Å². The SMILES string of the molecule is CC(C)c1nnc(NC(=O)C[C@H]2CCS(=O)(=O)C2)s1. The summed E-state index contributed by atoms with van der Waals surface area (Å²) in [6.07, 6.45) is 0.805. The molecule has 1 N–H and O–H groups in total. The fourth-order valence-corrected chi connectivity index (χ4v) is 4.61. The van der Waals surface area contributed by atoms with Crippen molar-refractivity contribution in [1.82, 2.24) is 10.2 Å². The Morgan fingerprint density at radius 1 is 1.47 bits per heavy atom. The predicted octanol–water partition coefficient (Wildman–Crippen LogP) is 1.42. The van der Waals surface area contributed by atoms with Crippen molar-refractivity contribution < 1.29 is 13.2 Å². The van der Waals surface area contributed by atoms with Gasteiger partial charge in [-0.1, -0.05) is 25.2 Å². The van der Waals surface area contributed by atoms with Gasteiger partial charge in [-0.05, 0) is 12.3 Å². The third-order valence-corrected chi connectivity index (χ3v) is 5.96. The van der Waals surface area contributed by atoms with Crippen molar-refractivity contribution >= 4 is 32.2 Å². The summed E-state index contributed by atoms with van der Waals surface area (Å²) in [4.78, 5) is 11.8. The Hall–Kier alpha value is -1.02. The topological polar surface area (TPSA) is 89.0 Å². The molecular weight excluding hydrogens is 286 g/mol. The van der Waals surface area contributed by atoms with Gasteiger partial charge in [0.25, 0.3) is 0 Å². The van der Waals surface area contributed by atoms with Crippen LogP contribution in [0.1, 0.15) is 37.6 Å². The average Bonchev–Trinajstić information content (AvgIpc) is 2.85. The minimum absolute atomic E-state index is 0.0671. The van der Waals surface area contributed by atoms with E-state index < -0.39 is 9.84 Å². The number of hydrogen-bond donors (Lipinski definition) is 1. The van der Waals surface area contributed by atoms with Crippen molar-refractivity contribution in [2.24, 2.45) is 5.92 Å². The highest BCUT2D eigenvalue weighted by Crippen LogP contribution is 2.24. The maximum atomic E-state index is 11.8. The van der Waals surface area contributed by atoms with Crippen LogP contribution in [-0.2, 0) is 14.6 Å². The molecule has 1 aromatic rings. The van der Waals surface area contributed by atoms with Crippen molar-refractivity contribution in [3.05, 3.63) is 5.01 Å². The van der Waals surface area contributed by atoms with Gasteiger partial charge in [0.15, 0.2) is 9.84 Å². The third-order valence-electron chi connectivity index (χ3n) is 2.98. The number of sulfone groups is 1. The van der Waals surface area contributed by atoms with E-state index in [1.165, 1.54) is 11.3 Å². The van der Waals surface area contributed by atoms with Crippen molar-refractivity contribution in [2.75, 3.05) is 16.8 Å².